The van der Waals surface area contributed by atoms with E-state index in [1.54, 1.807) is 6.20 Å². The van der Waals surface area contributed by atoms with Crippen LogP contribution in [0.4, 0.5) is 11.4 Å². The highest BCUT2D eigenvalue weighted by Gasteiger charge is 2.25. The second-order valence-electron chi connectivity index (χ2n) is 7.07. The third kappa shape index (κ3) is 4.16. The second kappa shape index (κ2) is 7.64. The van der Waals surface area contributed by atoms with Gasteiger partial charge in [0.15, 0.2) is 0 Å². The lowest BCUT2D eigenvalue weighted by molar-refractivity contribution is -0.120. The Balaban J connectivity index is 1.58. The molecule has 25 heavy (non-hydrogen) atoms. The number of carbonyl (C=O) groups excluding carboxylic acids is 1. The summed E-state index contributed by atoms with van der Waals surface area (Å²) in [6.45, 7) is 8.12. The van der Waals surface area contributed by atoms with Crippen LogP contribution >= 0.6 is 0 Å². The van der Waals surface area contributed by atoms with E-state index in [-0.39, 0.29) is 11.8 Å². The Morgan fingerprint density at radius 1 is 1.20 bits per heavy atom. The largest absolute Gasteiger partial charge is 0.371 e. The molecule has 0 aromatic carbocycles. The first-order valence-corrected chi connectivity index (χ1v) is 8.96. The van der Waals surface area contributed by atoms with Crippen molar-refractivity contribution in [2.24, 2.45) is 5.92 Å². The van der Waals surface area contributed by atoms with Crippen LogP contribution in [-0.2, 0) is 4.79 Å². The molecule has 0 unspecified atom stereocenters. The molecule has 2 aromatic rings. The van der Waals surface area contributed by atoms with Crippen LogP contribution in [0.2, 0.25) is 0 Å². The number of anilines is 2. The molecule has 5 heteroatoms. The maximum atomic E-state index is 12.6. The standard InChI is InChI=1S/C20H26N4O/c1-14(2)17-10-18(13-22-12-17)23-20(25)16-5-8-24(9-6-16)19-4-7-21-11-15(19)3/h4,7,10-14,16H,5-6,8-9H2,1-3H3,(H,23,25). The molecule has 3 rings (SSSR count). The summed E-state index contributed by atoms with van der Waals surface area (Å²) in [6.07, 6.45) is 9.03. The summed E-state index contributed by atoms with van der Waals surface area (Å²) in [7, 11) is 0. The van der Waals surface area contributed by atoms with E-state index in [1.807, 2.05) is 24.7 Å². The highest BCUT2D eigenvalue weighted by molar-refractivity contribution is 5.92. The Morgan fingerprint density at radius 3 is 2.64 bits per heavy atom. The van der Waals surface area contributed by atoms with Crippen LogP contribution in [0.3, 0.4) is 0 Å². The summed E-state index contributed by atoms with van der Waals surface area (Å²) in [5.41, 5.74) is 4.34. The Labute approximate surface area is 149 Å². The second-order valence-corrected chi connectivity index (χ2v) is 7.07. The van der Waals surface area contributed by atoms with Gasteiger partial charge < -0.3 is 10.2 Å². The average Bonchev–Trinajstić information content (AvgIpc) is 2.62. The maximum Gasteiger partial charge on any atom is 0.227 e. The molecule has 5 nitrogen and oxygen atoms in total. The van der Waals surface area contributed by atoms with Gasteiger partial charge in [-0.05, 0) is 48.9 Å². The van der Waals surface area contributed by atoms with Gasteiger partial charge in [0.25, 0.3) is 0 Å². The third-order valence-corrected chi connectivity index (χ3v) is 4.89. The number of hydrogen-bond donors (Lipinski definition) is 1. The minimum atomic E-state index is 0.0566. The summed E-state index contributed by atoms with van der Waals surface area (Å²) in [5.74, 6) is 0.561. The number of pyridine rings is 2. The number of carbonyl (C=O) groups is 1. The normalized spacial score (nSPS) is 15.4. The summed E-state index contributed by atoms with van der Waals surface area (Å²) in [5, 5.41) is 3.04. The number of amides is 1. The van der Waals surface area contributed by atoms with Gasteiger partial charge in [0, 0.05) is 43.3 Å². The minimum absolute atomic E-state index is 0.0566. The zero-order chi connectivity index (χ0) is 17.8. The van der Waals surface area contributed by atoms with Gasteiger partial charge in [0.1, 0.15) is 0 Å². The van der Waals surface area contributed by atoms with Gasteiger partial charge >= 0.3 is 0 Å². The Kier molecular flexibility index (Phi) is 5.31. The molecular formula is C20H26N4O. The number of aromatic nitrogens is 2. The van der Waals surface area contributed by atoms with E-state index in [1.165, 1.54) is 11.3 Å². The molecule has 0 spiro atoms. The van der Waals surface area contributed by atoms with Crippen LogP contribution in [0.15, 0.2) is 36.9 Å². The van der Waals surface area contributed by atoms with E-state index in [0.717, 1.165) is 37.2 Å². The van der Waals surface area contributed by atoms with Gasteiger partial charge in [-0.1, -0.05) is 13.8 Å². The quantitative estimate of drug-likeness (QED) is 0.922. The lowest BCUT2D eigenvalue weighted by Crippen LogP contribution is -2.38. The first-order chi connectivity index (χ1) is 12.0. The lowest BCUT2D eigenvalue weighted by atomic mass is 9.95. The van der Waals surface area contributed by atoms with Crippen molar-refractivity contribution in [1.29, 1.82) is 0 Å². The molecule has 132 valence electrons. The molecule has 1 aliphatic heterocycles. The highest BCUT2D eigenvalue weighted by Crippen LogP contribution is 2.26. The smallest absolute Gasteiger partial charge is 0.227 e. The molecule has 0 atom stereocenters. The first kappa shape index (κ1) is 17.4. The molecule has 2 aromatic heterocycles. The predicted molar refractivity (Wildman–Crippen MR) is 101 cm³/mol. The van der Waals surface area contributed by atoms with Gasteiger partial charge in [-0.2, -0.15) is 0 Å². The average molecular weight is 338 g/mol. The van der Waals surface area contributed by atoms with E-state index in [9.17, 15) is 4.79 Å². The van der Waals surface area contributed by atoms with Crippen LogP contribution < -0.4 is 10.2 Å². The number of aryl methyl sites for hydroxylation is 1. The van der Waals surface area contributed by atoms with Crippen LogP contribution in [0.25, 0.3) is 0 Å². The molecule has 0 aliphatic carbocycles. The van der Waals surface area contributed by atoms with Crippen molar-refractivity contribution >= 4 is 17.3 Å². The monoisotopic (exact) mass is 338 g/mol. The van der Waals surface area contributed by atoms with Gasteiger partial charge in [-0.25, -0.2) is 0 Å². The fourth-order valence-corrected chi connectivity index (χ4v) is 3.29. The summed E-state index contributed by atoms with van der Waals surface area (Å²) >= 11 is 0. The maximum absolute atomic E-state index is 12.6. The zero-order valence-corrected chi connectivity index (χ0v) is 15.2. The van der Waals surface area contributed by atoms with Crippen molar-refractivity contribution in [2.45, 2.75) is 39.5 Å². The molecule has 1 N–H and O–H groups in total. The number of nitrogens with one attached hydrogen (secondary N) is 1. The van der Waals surface area contributed by atoms with Crippen LogP contribution in [0.5, 0.6) is 0 Å². The molecule has 1 aliphatic rings. The third-order valence-electron chi connectivity index (χ3n) is 4.89. The van der Waals surface area contributed by atoms with Gasteiger partial charge in [-0.3, -0.25) is 14.8 Å². The number of rotatable bonds is 4. The van der Waals surface area contributed by atoms with Crippen molar-refractivity contribution in [3.8, 4) is 0 Å². The highest BCUT2D eigenvalue weighted by atomic mass is 16.1. The predicted octanol–water partition coefficient (Wildman–Crippen LogP) is 3.76. The van der Waals surface area contributed by atoms with E-state index in [2.05, 4.69) is 47.0 Å². The van der Waals surface area contributed by atoms with Gasteiger partial charge in [0.2, 0.25) is 5.91 Å². The molecule has 1 amide bonds. The number of nitrogens with zero attached hydrogens (tertiary/aromatic N) is 3. The van der Waals surface area contributed by atoms with Crippen molar-refractivity contribution < 1.29 is 4.79 Å². The Morgan fingerprint density at radius 2 is 1.96 bits per heavy atom. The molecule has 3 heterocycles. The lowest BCUT2D eigenvalue weighted by Gasteiger charge is -2.33. The van der Waals surface area contributed by atoms with Gasteiger partial charge in [0.05, 0.1) is 11.9 Å². The first-order valence-electron chi connectivity index (χ1n) is 8.96. The zero-order valence-electron chi connectivity index (χ0n) is 15.2. The van der Waals surface area contributed by atoms with Crippen molar-refractivity contribution in [3.63, 3.8) is 0 Å². The molecule has 0 saturated carbocycles. The molecule has 0 radical (unpaired) electrons. The topological polar surface area (TPSA) is 58.1 Å². The van der Waals surface area contributed by atoms with Crippen molar-refractivity contribution in [2.75, 3.05) is 23.3 Å². The van der Waals surface area contributed by atoms with E-state index < -0.39 is 0 Å². The minimum Gasteiger partial charge on any atom is -0.371 e. The number of piperidine rings is 1. The van der Waals surface area contributed by atoms with E-state index >= 15 is 0 Å². The molecule has 0 bridgehead atoms. The van der Waals surface area contributed by atoms with Gasteiger partial charge in [-0.15, -0.1) is 0 Å². The van der Waals surface area contributed by atoms with Crippen LogP contribution in [0, 0.1) is 12.8 Å². The van der Waals surface area contributed by atoms with E-state index in [0.29, 0.717) is 5.92 Å². The molecule has 1 fully saturated rings. The van der Waals surface area contributed by atoms with Crippen LogP contribution in [-0.4, -0.2) is 29.0 Å². The summed E-state index contributed by atoms with van der Waals surface area (Å²) in [6, 6.07) is 4.07. The SMILES string of the molecule is Cc1cnccc1N1CCC(C(=O)Nc2cncc(C(C)C)c2)CC1. The Hall–Kier alpha value is -2.43. The molecule has 1 saturated heterocycles. The summed E-state index contributed by atoms with van der Waals surface area (Å²) < 4.78 is 0. The fourth-order valence-electron chi connectivity index (χ4n) is 3.29. The van der Waals surface area contributed by atoms with Crippen molar-refractivity contribution in [1.82, 2.24) is 9.97 Å². The fraction of sp³-hybridized carbons (Fsp3) is 0.450. The Bertz CT molecular complexity index is 736. The van der Waals surface area contributed by atoms with E-state index in [4.69, 9.17) is 0 Å². The molecular weight excluding hydrogens is 312 g/mol. The van der Waals surface area contributed by atoms with Crippen LogP contribution in [0.1, 0.15) is 43.7 Å². The van der Waals surface area contributed by atoms with Crippen molar-refractivity contribution in [3.05, 3.63) is 48.0 Å². The number of hydrogen-bond acceptors (Lipinski definition) is 4. The summed E-state index contributed by atoms with van der Waals surface area (Å²) in [4.78, 5) is 23.3.